The van der Waals surface area contributed by atoms with E-state index < -0.39 is 0 Å². The average Bonchev–Trinajstić information content (AvgIpc) is 3.20. The number of benzene rings is 1. The van der Waals surface area contributed by atoms with Crippen molar-refractivity contribution in [3.8, 4) is 11.6 Å². The van der Waals surface area contributed by atoms with Crippen molar-refractivity contribution in [1.82, 2.24) is 15.2 Å². The number of rotatable bonds is 5. The Morgan fingerprint density at radius 3 is 2.74 bits per heavy atom. The first kappa shape index (κ1) is 15.6. The molecule has 0 amide bonds. The summed E-state index contributed by atoms with van der Waals surface area (Å²) in [5, 5.41) is 8.07. The molecular weight excluding hydrogens is 310 g/mol. The lowest BCUT2D eigenvalue weighted by Gasteiger charge is -2.09. The minimum absolute atomic E-state index is 0.0534. The van der Waals surface area contributed by atoms with Crippen LogP contribution in [0.15, 0.2) is 46.2 Å². The maximum absolute atomic E-state index is 12.5. The van der Waals surface area contributed by atoms with Crippen LogP contribution in [0.2, 0.25) is 0 Å². The van der Waals surface area contributed by atoms with Crippen LogP contribution in [0.3, 0.4) is 0 Å². The van der Waals surface area contributed by atoms with E-state index in [1.54, 1.807) is 6.20 Å². The molecule has 118 valence electrons. The number of aromatic nitrogens is 3. The molecule has 0 bridgehead atoms. The molecule has 0 fully saturated rings. The molecule has 1 unspecified atom stereocenters. The quantitative estimate of drug-likeness (QED) is 0.565. The number of carbonyl (C=O) groups excluding carboxylic acids is 1. The molecule has 3 aromatic rings. The third-order valence-corrected chi connectivity index (χ3v) is 4.61. The lowest BCUT2D eigenvalue weighted by atomic mass is 10.0. The predicted molar refractivity (Wildman–Crippen MR) is 89.7 cm³/mol. The van der Waals surface area contributed by atoms with E-state index >= 15 is 0 Å². The number of nitrogens with one attached hydrogen (secondary N) is 1. The highest BCUT2D eigenvalue weighted by Crippen LogP contribution is 2.27. The fourth-order valence-corrected chi connectivity index (χ4v) is 2.92. The van der Waals surface area contributed by atoms with Crippen molar-refractivity contribution in [3.05, 3.63) is 53.2 Å². The smallest absolute Gasteiger partial charge is 0.277 e. The van der Waals surface area contributed by atoms with Gasteiger partial charge in [0.1, 0.15) is 5.69 Å². The molecule has 1 N–H and O–H groups in total. The Kier molecular flexibility index (Phi) is 4.34. The Morgan fingerprint density at radius 1 is 1.22 bits per heavy atom. The number of ketones is 1. The second-order valence-corrected chi connectivity index (χ2v) is 6.67. The number of Topliss-reactive ketones (excluding diaryl/α,β-unsaturated/α-hetero) is 1. The van der Waals surface area contributed by atoms with Crippen LogP contribution in [0.4, 0.5) is 0 Å². The fourth-order valence-electron chi connectivity index (χ4n) is 2.16. The molecule has 1 aromatic carbocycles. The highest BCUT2D eigenvalue weighted by atomic mass is 32.2. The predicted octanol–water partition coefficient (Wildman–Crippen LogP) is 4.05. The molecule has 0 radical (unpaired) electrons. The summed E-state index contributed by atoms with van der Waals surface area (Å²) in [6.45, 7) is 5.88. The number of carbonyl (C=O) groups is 1. The van der Waals surface area contributed by atoms with Crippen molar-refractivity contribution in [3.63, 3.8) is 0 Å². The van der Waals surface area contributed by atoms with Crippen LogP contribution < -0.4 is 0 Å². The topological polar surface area (TPSA) is 71.8 Å². The van der Waals surface area contributed by atoms with Crippen molar-refractivity contribution in [1.29, 1.82) is 0 Å². The van der Waals surface area contributed by atoms with Gasteiger partial charge in [-0.2, -0.15) is 0 Å². The minimum Gasteiger partial charge on any atom is -0.410 e. The summed E-state index contributed by atoms with van der Waals surface area (Å²) in [5.74, 6) is 0.473. The summed E-state index contributed by atoms with van der Waals surface area (Å²) in [6.07, 6.45) is 1.79. The zero-order valence-electron chi connectivity index (χ0n) is 13.2. The second kappa shape index (κ2) is 6.42. The van der Waals surface area contributed by atoms with Gasteiger partial charge in [-0.3, -0.25) is 4.79 Å². The van der Waals surface area contributed by atoms with Gasteiger partial charge < -0.3 is 9.40 Å². The average molecular weight is 327 g/mol. The third-order valence-electron chi connectivity index (χ3n) is 3.67. The first-order valence-corrected chi connectivity index (χ1v) is 8.18. The van der Waals surface area contributed by atoms with Gasteiger partial charge >= 0.3 is 0 Å². The summed E-state index contributed by atoms with van der Waals surface area (Å²) in [4.78, 5) is 15.5. The molecule has 0 aliphatic carbocycles. The van der Waals surface area contributed by atoms with E-state index in [1.165, 1.54) is 17.3 Å². The maximum Gasteiger partial charge on any atom is 0.277 e. The summed E-state index contributed by atoms with van der Waals surface area (Å²) in [6, 6.07) is 9.46. The van der Waals surface area contributed by atoms with Gasteiger partial charge in [0.05, 0.1) is 5.25 Å². The Bertz CT molecular complexity index is 824. The van der Waals surface area contributed by atoms with E-state index in [0.29, 0.717) is 16.7 Å². The number of aromatic amines is 1. The molecule has 2 heterocycles. The van der Waals surface area contributed by atoms with Crippen molar-refractivity contribution in [2.45, 2.75) is 31.2 Å². The third kappa shape index (κ3) is 3.37. The largest absolute Gasteiger partial charge is 0.410 e. The lowest BCUT2D eigenvalue weighted by molar-refractivity contribution is 0.0993. The number of H-pyrrole nitrogens is 1. The van der Waals surface area contributed by atoms with Gasteiger partial charge in [0.15, 0.2) is 5.78 Å². The van der Waals surface area contributed by atoms with Crippen LogP contribution in [0, 0.1) is 13.8 Å². The molecule has 0 saturated carbocycles. The van der Waals surface area contributed by atoms with Gasteiger partial charge in [-0.25, -0.2) is 0 Å². The monoisotopic (exact) mass is 327 g/mol. The van der Waals surface area contributed by atoms with Gasteiger partial charge in [0.2, 0.25) is 0 Å². The maximum atomic E-state index is 12.5. The van der Waals surface area contributed by atoms with Crippen LogP contribution in [0.1, 0.15) is 28.4 Å². The first-order valence-electron chi connectivity index (χ1n) is 7.30. The standard InChI is InChI=1S/C17H17N3O2S/c1-10-6-7-13(9-11(10)2)15(21)12(3)23-17-20-19-16(22-17)14-5-4-8-18-14/h4-9,12,18H,1-3H3. The summed E-state index contributed by atoms with van der Waals surface area (Å²) < 4.78 is 5.58. The zero-order valence-corrected chi connectivity index (χ0v) is 14.0. The number of nitrogens with zero attached hydrogens (tertiary/aromatic N) is 2. The highest BCUT2D eigenvalue weighted by Gasteiger charge is 2.20. The van der Waals surface area contributed by atoms with Crippen LogP contribution in [-0.4, -0.2) is 26.2 Å². The summed E-state index contributed by atoms with van der Waals surface area (Å²) >= 11 is 1.27. The molecule has 2 aromatic heterocycles. The number of thioether (sulfide) groups is 1. The Labute approximate surface area is 138 Å². The minimum atomic E-state index is -0.297. The van der Waals surface area contributed by atoms with E-state index in [9.17, 15) is 4.79 Å². The molecule has 1 atom stereocenters. The molecule has 6 heteroatoms. The molecule has 3 rings (SSSR count). The highest BCUT2D eigenvalue weighted by molar-refractivity contribution is 8.00. The van der Waals surface area contributed by atoms with E-state index in [2.05, 4.69) is 15.2 Å². The number of hydrogen-bond acceptors (Lipinski definition) is 5. The van der Waals surface area contributed by atoms with Crippen LogP contribution in [0.25, 0.3) is 11.6 Å². The van der Waals surface area contributed by atoms with Gasteiger partial charge in [-0.05, 0) is 50.1 Å². The SMILES string of the molecule is Cc1ccc(C(=O)C(C)Sc2nnc(-c3ccc[nH]3)o2)cc1C. The lowest BCUT2D eigenvalue weighted by Crippen LogP contribution is -2.13. The molecular formula is C17H17N3O2S. The van der Waals surface area contributed by atoms with E-state index in [-0.39, 0.29) is 11.0 Å². The first-order chi connectivity index (χ1) is 11.0. The molecule has 0 spiro atoms. The summed E-state index contributed by atoms with van der Waals surface area (Å²) in [5.41, 5.74) is 3.75. The molecule has 0 aliphatic heterocycles. The van der Waals surface area contributed by atoms with Gasteiger partial charge in [0.25, 0.3) is 11.1 Å². The molecule has 0 saturated heterocycles. The van der Waals surface area contributed by atoms with Crippen molar-refractivity contribution < 1.29 is 9.21 Å². The van der Waals surface area contributed by atoms with E-state index in [1.807, 2.05) is 51.1 Å². The van der Waals surface area contributed by atoms with E-state index in [4.69, 9.17) is 4.42 Å². The Balaban J connectivity index is 1.72. The second-order valence-electron chi connectivity index (χ2n) is 5.38. The fraction of sp³-hybridized carbons (Fsp3) is 0.235. The Morgan fingerprint density at radius 2 is 2.04 bits per heavy atom. The summed E-state index contributed by atoms with van der Waals surface area (Å²) in [7, 11) is 0. The Hall–Kier alpha value is -2.34. The van der Waals surface area contributed by atoms with Gasteiger partial charge in [-0.15, -0.1) is 10.2 Å². The van der Waals surface area contributed by atoms with Crippen molar-refractivity contribution in [2.75, 3.05) is 0 Å². The number of aryl methyl sites for hydroxylation is 2. The van der Waals surface area contributed by atoms with Crippen molar-refractivity contribution >= 4 is 17.5 Å². The molecule has 23 heavy (non-hydrogen) atoms. The van der Waals surface area contributed by atoms with E-state index in [0.717, 1.165) is 11.3 Å². The van der Waals surface area contributed by atoms with Gasteiger partial charge in [-0.1, -0.05) is 23.9 Å². The van der Waals surface area contributed by atoms with Crippen molar-refractivity contribution in [2.24, 2.45) is 0 Å². The van der Waals surface area contributed by atoms with Crippen LogP contribution >= 0.6 is 11.8 Å². The molecule has 5 nitrogen and oxygen atoms in total. The zero-order chi connectivity index (χ0) is 16.4. The molecule has 0 aliphatic rings. The van der Waals surface area contributed by atoms with Gasteiger partial charge in [0, 0.05) is 11.8 Å². The van der Waals surface area contributed by atoms with Crippen LogP contribution in [0.5, 0.6) is 0 Å². The number of hydrogen-bond donors (Lipinski definition) is 1. The van der Waals surface area contributed by atoms with Crippen LogP contribution in [-0.2, 0) is 0 Å². The normalized spacial score (nSPS) is 12.3.